The Morgan fingerprint density at radius 1 is 0.938 bits per heavy atom. The van der Waals surface area contributed by atoms with Crippen molar-refractivity contribution in [3.05, 3.63) is 54.6 Å². The Morgan fingerprint density at radius 2 is 1.50 bits per heavy atom. The van der Waals surface area contributed by atoms with Crippen molar-refractivity contribution in [1.82, 2.24) is 0 Å². The Morgan fingerprint density at radius 3 is 2.12 bits per heavy atom. The van der Waals surface area contributed by atoms with Gasteiger partial charge < -0.3 is 5.98 Å². The molecule has 0 saturated heterocycles. The van der Waals surface area contributed by atoms with E-state index in [9.17, 15) is 4.21 Å². The molecule has 2 aromatic rings. The molecule has 1 unspecified atom stereocenters. The summed E-state index contributed by atoms with van der Waals surface area (Å²) in [4.78, 5) is 0.448. The number of hydrogen-bond donors (Lipinski definition) is 1. The van der Waals surface area contributed by atoms with Crippen molar-refractivity contribution in [2.24, 2.45) is 0 Å². The van der Waals surface area contributed by atoms with Crippen molar-refractivity contribution in [1.29, 1.82) is 0 Å². The van der Waals surface area contributed by atoms with Crippen LogP contribution < -0.4 is 29.6 Å². The van der Waals surface area contributed by atoms with Crippen LogP contribution in [-0.2, 0) is 11.1 Å². The molecule has 0 saturated carbocycles. The Kier molecular flexibility index (Phi) is 5.38. The standard InChI is InChI=1S/C12H10O2S.Na.H/c13-15(14)12-9-5-4-8-11(12)10-6-2-1-3-7-10;;/h1-9H,(H,13,14);;/q;+1;-1. The molecule has 1 N–H and O–H groups in total. The van der Waals surface area contributed by atoms with Crippen LogP contribution in [0.5, 0.6) is 0 Å². The first-order valence-electron chi connectivity index (χ1n) is 4.54. The predicted molar refractivity (Wildman–Crippen MR) is 62.0 cm³/mol. The molecule has 0 heterocycles. The zero-order chi connectivity index (χ0) is 10.7. The molecule has 0 aliphatic heterocycles. The topological polar surface area (TPSA) is 37.3 Å². The monoisotopic (exact) mass is 242 g/mol. The SMILES string of the molecule is O=S(O)c1ccccc1-c1ccccc1.[H-].[Na+]. The molecule has 2 nitrogen and oxygen atoms in total. The maximum absolute atomic E-state index is 11.1. The van der Waals surface area contributed by atoms with Crippen LogP contribution in [-0.4, -0.2) is 8.76 Å². The summed E-state index contributed by atoms with van der Waals surface area (Å²) in [6.07, 6.45) is 0. The number of benzene rings is 2. The van der Waals surface area contributed by atoms with Gasteiger partial charge in [0.05, 0.1) is 4.90 Å². The van der Waals surface area contributed by atoms with Gasteiger partial charge in [-0.25, -0.2) is 4.21 Å². The Labute approximate surface area is 121 Å². The minimum Gasteiger partial charge on any atom is -1.00 e. The summed E-state index contributed by atoms with van der Waals surface area (Å²) < 4.78 is 20.2. The van der Waals surface area contributed by atoms with E-state index in [0.29, 0.717) is 4.90 Å². The molecule has 0 fully saturated rings. The zero-order valence-corrected chi connectivity index (χ0v) is 11.8. The molecule has 0 spiro atoms. The minimum absolute atomic E-state index is 0. The first-order valence-corrected chi connectivity index (χ1v) is 5.65. The van der Waals surface area contributed by atoms with Crippen molar-refractivity contribution < 1.29 is 39.7 Å². The van der Waals surface area contributed by atoms with Crippen LogP contribution in [0.3, 0.4) is 0 Å². The molecule has 0 amide bonds. The van der Waals surface area contributed by atoms with Crippen molar-refractivity contribution in [3.63, 3.8) is 0 Å². The van der Waals surface area contributed by atoms with Crippen LogP contribution in [0.25, 0.3) is 11.1 Å². The molecule has 0 bridgehead atoms. The molecule has 0 aliphatic carbocycles. The van der Waals surface area contributed by atoms with Crippen LogP contribution in [0.4, 0.5) is 0 Å². The fourth-order valence-electron chi connectivity index (χ4n) is 1.48. The summed E-state index contributed by atoms with van der Waals surface area (Å²) in [5, 5.41) is 0. The fourth-order valence-corrected chi connectivity index (χ4v) is 2.04. The second-order valence-corrected chi connectivity index (χ2v) is 4.05. The molecule has 0 aromatic heterocycles. The third kappa shape index (κ3) is 3.03. The van der Waals surface area contributed by atoms with E-state index in [1.165, 1.54) is 0 Å². The van der Waals surface area contributed by atoms with Gasteiger partial charge in [-0.1, -0.05) is 48.5 Å². The van der Waals surface area contributed by atoms with Gasteiger partial charge in [-0.15, -0.1) is 0 Å². The summed E-state index contributed by atoms with van der Waals surface area (Å²) in [7, 11) is 0. The fraction of sp³-hybridized carbons (Fsp3) is 0. The largest absolute Gasteiger partial charge is 1.00 e. The Bertz CT molecular complexity index is 491. The van der Waals surface area contributed by atoms with Gasteiger partial charge in [0.2, 0.25) is 0 Å². The maximum atomic E-state index is 11.1. The minimum atomic E-state index is -1.94. The van der Waals surface area contributed by atoms with Crippen LogP contribution in [0.15, 0.2) is 59.5 Å². The first kappa shape index (κ1) is 13.6. The summed E-state index contributed by atoms with van der Waals surface area (Å²) in [6.45, 7) is 0. The average molecular weight is 242 g/mol. The molecule has 1 atom stereocenters. The maximum Gasteiger partial charge on any atom is 1.00 e. The first-order chi connectivity index (χ1) is 7.29. The molecule has 16 heavy (non-hydrogen) atoms. The van der Waals surface area contributed by atoms with Crippen molar-refractivity contribution in [3.8, 4) is 11.1 Å². The quantitative estimate of drug-likeness (QED) is 0.597. The third-order valence-corrected chi connectivity index (χ3v) is 2.89. The van der Waals surface area contributed by atoms with E-state index in [-0.39, 0.29) is 31.0 Å². The third-order valence-electron chi connectivity index (χ3n) is 2.16. The second kappa shape index (κ2) is 6.33. The normalized spacial score (nSPS) is 11.6. The van der Waals surface area contributed by atoms with Crippen LogP contribution in [0.1, 0.15) is 1.43 Å². The molecule has 0 radical (unpaired) electrons. The van der Waals surface area contributed by atoms with E-state index in [2.05, 4.69) is 0 Å². The van der Waals surface area contributed by atoms with Gasteiger partial charge in [-0.3, -0.25) is 0 Å². The molecular weight excluding hydrogens is 231 g/mol. The van der Waals surface area contributed by atoms with E-state index < -0.39 is 11.1 Å². The van der Waals surface area contributed by atoms with Crippen molar-refractivity contribution >= 4 is 11.1 Å². The molecule has 78 valence electrons. The van der Waals surface area contributed by atoms with Gasteiger partial charge in [-0.2, -0.15) is 0 Å². The van der Waals surface area contributed by atoms with E-state index in [4.69, 9.17) is 4.55 Å². The summed E-state index contributed by atoms with van der Waals surface area (Å²) >= 11 is -1.94. The van der Waals surface area contributed by atoms with Gasteiger partial charge in [-0.05, 0) is 11.6 Å². The molecule has 4 heteroatoms. The zero-order valence-electron chi connectivity index (χ0n) is 9.96. The van der Waals surface area contributed by atoms with Crippen molar-refractivity contribution in [2.45, 2.75) is 4.90 Å². The van der Waals surface area contributed by atoms with Crippen LogP contribution >= 0.6 is 0 Å². The average Bonchev–Trinajstić information content (AvgIpc) is 2.30. The van der Waals surface area contributed by atoms with Gasteiger partial charge in [0, 0.05) is 5.56 Å². The van der Waals surface area contributed by atoms with Gasteiger partial charge >= 0.3 is 29.6 Å². The summed E-state index contributed by atoms with van der Waals surface area (Å²) in [5.74, 6) is 0. The summed E-state index contributed by atoms with van der Waals surface area (Å²) in [5.41, 5.74) is 1.76. The van der Waals surface area contributed by atoms with Crippen LogP contribution in [0.2, 0.25) is 0 Å². The molecule has 2 rings (SSSR count). The van der Waals surface area contributed by atoms with E-state index in [1.54, 1.807) is 12.1 Å². The van der Waals surface area contributed by atoms with Gasteiger partial charge in [0.1, 0.15) is 0 Å². The summed E-state index contributed by atoms with van der Waals surface area (Å²) in [6, 6.07) is 16.7. The van der Waals surface area contributed by atoms with Crippen molar-refractivity contribution in [2.75, 3.05) is 0 Å². The predicted octanol–water partition coefficient (Wildman–Crippen LogP) is 0.0507. The van der Waals surface area contributed by atoms with E-state index >= 15 is 0 Å². The van der Waals surface area contributed by atoms with E-state index in [0.717, 1.165) is 11.1 Å². The Hall–Kier alpha value is -0.450. The van der Waals surface area contributed by atoms with Crippen LogP contribution in [0, 0.1) is 0 Å². The smallest absolute Gasteiger partial charge is 1.00 e. The van der Waals surface area contributed by atoms with Gasteiger partial charge in [0.25, 0.3) is 0 Å². The van der Waals surface area contributed by atoms with E-state index in [1.807, 2.05) is 42.5 Å². The molecule has 0 aliphatic rings. The second-order valence-electron chi connectivity index (χ2n) is 3.11. The van der Waals surface area contributed by atoms with Gasteiger partial charge in [0.15, 0.2) is 11.1 Å². The number of hydrogen-bond acceptors (Lipinski definition) is 1. The number of rotatable bonds is 2. The molecule has 2 aromatic carbocycles. The Balaban J connectivity index is 0.00000128. The molecular formula is C12H11NaO2S.